The average molecular weight is 274 g/mol. The van der Waals surface area contributed by atoms with E-state index in [-0.39, 0.29) is 0 Å². The van der Waals surface area contributed by atoms with E-state index in [0.717, 1.165) is 0 Å². The molecule has 10 heavy (non-hydrogen) atoms. The first-order valence-corrected chi connectivity index (χ1v) is 4.80. The minimum absolute atomic E-state index is 0.460. The van der Waals surface area contributed by atoms with Crippen LogP contribution in [0.5, 0.6) is 0 Å². The zero-order chi connectivity index (χ0) is 7.56. The third-order valence-corrected chi connectivity index (χ3v) is 2.59. The second-order valence-electron chi connectivity index (χ2n) is 1.75. The lowest BCUT2D eigenvalue weighted by Crippen LogP contribution is -1.97. The topological polar surface area (TPSA) is 0 Å². The molecule has 2 unspecified atom stereocenters. The summed E-state index contributed by atoms with van der Waals surface area (Å²) in [4.78, 5) is 0.460. The zero-order valence-corrected chi connectivity index (χ0v) is 7.90. The van der Waals surface area contributed by atoms with Crippen LogP contribution >= 0.6 is 33.9 Å². The summed E-state index contributed by atoms with van der Waals surface area (Å²) in [5.41, 5.74) is 0. The van der Waals surface area contributed by atoms with Crippen molar-refractivity contribution in [3.63, 3.8) is 0 Å². The van der Waals surface area contributed by atoms with Gasteiger partial charge in [-0.3, -0.25) is 0 Å². The third kappa shape index (κ3) is 1.88. The maximum atomic E-state index is 12.7. The summed E-state index contributed by atoms with van der Waals surface area (Å²) in [6.07, 6.45) is -1.46. The Morgan fingerprint density at radius 2 is 2.20 bits per heavy atom. The van der Waals surface area contributed by atoms with E-state index < -0.39 is 10.4 Å². The van der Waals surface area contributed by atoms with Crippen molar-refractivity contribution in [2.45, 2.75) is 10.4 Å². The molecule has 1 rings (SSSR count). The Morgan fingerprint density at radius 1 is 1.50 bits per heavy atom. The van der Waals surface area contributed by atoms with Gasteiger partial charge in [-0.1, -0.05) is 6.07 Å². The fourth-order valence-electron chi connectivity index (χ4n) is 0.572. The van der Waals surface area contributed by atoms with Crippen LogP contribution in [0.1, 0.15) is 11.0 Å². The van der Waals surface area contributed by atoms with E-state index in [1.54, 1.807) is 17.5 Å². The van der Waals surface area contributed by atoms with Gasteiger partial charge in [-0.15, -0.1) is 11.3 Å². The standard InChI is InChI=1S/C6H5F2IS/c7-5(6(8)9)4-2-1-3-10-4/h1-3,5-6H. The summed E-state index contributed by atoms with van der Waals surface area (Å²) in [6, 6.07) is 3.31. The molecule has 0 aliphatic carbocycles. The van der Waals surface area contributed by atoms with Gasteiger partial charge in [0.2, 0.25) is 0 Å². The lowest BCUT2D eigenvalue weighted by Gasteiger charge is -2.03. The maximum absolute atomic E-state index is 12.7. The van der Waals surface area contributed by atoms with Crippen LogP contribution in [0, 0.1) is 0 Å². The van der Waals surface area contributed by atoms with Crippen LogP contribution in [0.3, 0.4) is 0 Å². The average Bonchev–Trinajstić information content (AvgIpc) is 2.36. The molecule has 0 amide bonds. The first kappa shape index (κ1) is 8.39. The molecule has 0 bridgehead atoms. The molecule has 0 aromatic carbocycles. The van der Waals surface area contributed by atoms with E-state index in [9.17, 15) is 8.78 Å². The predicted molar refractivity (Wildman–Crippen MR) is 47.1 cm³/mol. The van der Waals surface area contributed by atoms with Crippen molar-refractivity contribution >= 4 is 33.9 Å². The minimum Gasteiger partial charge on any atom is -0.237 e. The molecule has 0 saturated carbocycles. The van der Waals surface area contributed by atoms with Gasteiger partial charge in [-0.2, -0.15) is 0 Å². The van der Waals surface area contributed by atoms with Gasteiger partial charge in [0.15, 0.2) is 10.4 Å². The second-order valence-corrected chi connectivity index (χ2v) is 3.92. The lowest BCUT2D eigenvalue weighted by molar-refractivity contribution is 0.255. The Bertz CT molecular complexity index is 186. The molecule has 0 saturated heterocycles. The van der Waals surface area contributed by atoms with E-state index in [4.69, 9.17) is 0 Å². The Hall–Kier alpha value is 0.290. The number of hydrogen-bond donors (Lipinski definition) is 0. The summed E-state index contributed by atoms with van der Waals surface area (Å²) in [5.74, 6) is 0. The Balaban J connectivity index is 2.68. The van der Waals surface area contributed by atoms with Gasteiger partial charge in [0.25, 0.3) is 0 Å². The quantitative estimate of drug-likeness (QED) is 0.572. The summed E-state index contributed by atoms with van der Waals surface area (Å²) in [6.45, 7) is 0. The molecule has 0 radical (unpaired) electrons. The van der Waals surface area contributed by atoms with E-state index in [2.05, 4.69) is 0 Å². The van der Waals surface area contributed by atoms with Crippen LogP contribution in [0.2, 0.25) is 0 Å². The number of thiophene rings is 1. The van der Waals surface area contributed by atoms with Gasteiger partial charge < -0.3 is 0 Å². The number of alkyl halides is 3. The predicted octanol–water partition coefficient (Wildman–Crippen LogP) is 3.49. The van der Waals surface area contributed by atoms with Gasteiger partial charge >= 0.3 is 0 Å². The fraction of sp³-hybridized carbons (Fsp3) is 0.333. The highest BCUT2D eigenvalue weighted by atomic mass is 127. The maximum Gasteiger partial charge on any atom is 0.187 e. The monoisotopic (exact) mass is 274 g/mol. The lowest BCUT2D eigenvalue weighted by atomic mass is 10.3. The van der Waals surface area contributed by atoms with Crippen LogP contribution in [0.25, 0.3) is 0 Å². The van der Waals surface area contributed by atoms with Crippen LogP contribution in [-0.2, 0) is 0 Å². The molecule has 4 heteroatoms. The normalized spacial score (nSPS) is 16.7. The number of halogens is 3. The molecule has 0 aliphatic rings. The second kappa shape index (κ2) is 3.61. The van der Waals surface area contributed by atoms with Crippen molar-refractivity contribution in [2.75, 3.05) is 0 Å². The minimum atomic E-state index is -1.46. The molecule has 1 aromatic heterocycles. The smallest absolute Gasteiger partial charge is 0.187 e. The molecule has 1 aromatic rings. The Kier molecular flexibility index (Phi) is 3.03. The third-order valence-electron chi connectivity index (χ3n) is 1.04. The van der Waals surface area contributed by atoms with Crippen molar-refractivity contribution < 1.29 is 8.78 Å². The number of rotatable bonds is 2. The Morgan fingerprint density at radius 3 is 2.60 bits per heavy atom. The summed E-state index contributed by atoms with van der Waals surface area (Å²) < 4.78 is 23.6. The van der Waals surface area contributed by atoms with E-state index in [0.29, 0.717) is 4.88 Å². The van der Waals surface area contributed by atoms with Gasteiger partial charge in [0, 0.05) is 4.88 Å². The highest BCUT2D eigenvalue weighted by Crippen LogP contribution is 2.30. The highest BCUT2D eigenvalue weighted by Gasteiger charge is 2.19. The van der Waals surface area contributed by atoms with Crippen LogP contribution in [-0.4, -0.2) is 4.18 Å². The van der Waals surface area contributed by atoms with E-state index in [1.165, 1.54) is 33.9 Å². The van der Waals surface area contributed by atoms with E-state index >= 15 is 0 Å². The van der Waals surface area contributed by atoms with Crippen molar-refractivity contribution in [1.82, 2.24) is 0 Å². The van der Waals surface area contributed by atoms with Crippen LogP contribution in [0.15, 0.2) is 17.5 Å². The van der Waals surface area contributed by atoms with Crippen molar-refractivity contribution in [2.24, 2.45) is 0 Å². The van der Waals surface area contributed by atoms with Crippen molar-refractivity contribution in [1.29, 1.82) is 0 Å². The molecule has 0 fully saturated rings. The largest absolute Gasteiger partial charge is 0.237 e. The molecule has 2 atom stereocenters. The Labute approximate surface area is 75.4 Å². The molecule has 0 nitrogen and oxygen atoms in total. The first-order valence-electron chi connectivity index (χ1n) is 2.67. The summed E-state index contributed by atoms with van der Waals surface area (Å²) in [7, 11) is 0. The highest BCUT2D eigenvalue weighted by molar-refractivity contribution is 14.1. The molecule has 0 spiro atoms. The van der Waals surface area contributed by atoms with E-state index in [1.807, 2.05) is 0 Å². The summed E-state index contributed by atoms with van der Waals surface area (Å²) >= 11 is 2.67. The van der Waals surface area contributed by atoms with Gasteiger partial charge in [-0.25, -0.2) is 8.78 Å². The summed E-state index contributed by atoms with van der Waals surface area (Å²) in [5, 5.41) is 1.74. The van der Waals surface area contributed by atoms with Gasteiger partial charge in [-0.05, 0) is 34.0 Å². The van der Waals surface area contributed by atoms with Crippen molar-refractivity contribution in [3.05, 3.63) is 22.4 Å². The number of hydrogen-bond acceptors (Lipinski definition) is 1. The van der Waals surface area contributed by atoms with Gasteiger partial charge in [0.05, 0.1) is 0 Å². The zero-order valence-electron chi connectivity index (χ0n) is 4.93. The fourth-order valence-corrected chi connectivity index (χ4v) is 1.92. The van der Waals surface area contributed by atoms with Crippen LogP contribution in [0.4, 0.5) is 8.78 Å². The SMILES string of the molecule is FC(I)C(F)c1cccs1. The first-order chi connectivity index (χ1) is 4.72. The van der Waals surface area contributed by atoms with Crippen LogP contribution < -0.4 is 0 Å². The molecule has 56 valence electrons. The molecule has 0 N–H and O–H groups in total. The van der Waals surface area contributed by atoms with Gasteiger partial charge in [0.1, 0.15) is 0 Å². The molecule has 1 heterocycles. The van der Waals surface area contributed by atoms with Crippen molar-refractivity contribution in [3.8, 4) is 0 Å². The molecular formula is C6H5F2IS. The molecule has 0 aliphatic heterocycles. The molecular weight excluding hydrogens is 269 g/mol.